The molecule has 6 heteroatoms. The van der Waals surface area contributed by atoms with Crippen molar-refractivity contribution in [2.45, 2.75) is 26.3 Å². The number of H-pyrrole nitrogens is 1. The number of hydrogen-bond acceptors (Lipinski definition) is 3. The Hall–Kier alpha value is -3.15. The van der Waals surface area contributed by atoms with E-state index in [4.69, 9.17) is 0 Å². The van der Waals surface area contributed by atoms with E-state index in [9.17, 15) is 9.59 Å². The molecule has 1 heterocycles. The van der Waals surface area contributed by atoms with Crippen LogP contribution in [0.15, 0.2) is 48.7 Å². The van der Waals surface area contributed by atoms with Crippen LogP contribution in [0.4, 0.5) is 5.69 Å². The molecule has 3 rings (SSSR count). The van der Waals surface area contributed by atoms with Crippen molar-refractivity contribution in [1.29, 1.82) is 0 Å². The van der Waals surface area contributed by atoms with Gasteiger partial charge in [0.15, 0.2) is 0 Å². The Bertz CT molecular complexity index is 901. The molecule has 0 aliphatic carbocycles. The van der Waals surface area contributed by atoms with Crippen molar-refractivity contribution in [2.24, 2.45) is 0 Å². The molecule has 0 saturated heterocycles. The summed E-state index contributed by atoms with van der Waals surface area (Å²) in [6.45, 7) is 2.34. The summed E-state index contributed by atoms with van der Waals surface area (Å²) in [5.74, 6) is -0.176. The van der Waals surface area contributed by atoms with E-state index in [1.165, 1.54) is 0 Å². The highest BCUT2D eigenvalue weighted by molar-refractivity contribution is 6.05. The fraction of sp³-hybridized carbons (Fsp3) is 0.211. The molecule has 0 saturated carbocycles. The molecule has 3 aromatic rings. The highest BCUT2D eigenvalue weighted by atomic mass is 16.2. The van der Waals surface area contributed by atoms with E-state index in [0.29, 0.717) is 18.5 Å². The number of carbonyl (C=O) groups excluding carboxylic acids is 2. The van der Waals surface area contributed by atoms with Crippen molar-refractivity contribution >= 4 is 28.4 Å². The molecular formula is C19H20N4O2. The van der Waals surface area contributed by atoms with Crippen LogP contribution in [0, 0.1) is 0 Å². The van der Waals surface area contributed by atoms with Gasteiger partial charge in [0.05, 0.1) is 17.3 Å². The summed E-state index contributed by atoms with van der Waals surface area (Å²) in [6.07, 6.45) is 2.99. The number of fused-ring (bicyclic) bond motifs is 1. The van der Waals surface area contributed by atoms with Crippen molar-refractivity contribution in [3.8, 4) is 0 Å². The molecule has 0 aliphatic rings. The van der Waals surface area contributed by atoms with Gasteiger partial charge in [-0.25, -0.2) is 0 Å². The lowest BCUT2D eigenvalue weighted by atomic mass is 10.1. The van der Waals surface area contributed by atoms with E-state index in [2.05, 4.69) is 20.8 Å². The van der Waals surface area contributed by atoms with Crippen LogP contribution in [0.2, 0.25) is 0 Å². The highest BCUT2D eigenvalue weighted by Crippen LogP contribution is 2.16. The fourth-order valence-electron chi connectivity index (χ4n) is 2.65. The minimum atomic E-state index is -0.171. The number of aromatic amines is 1. The lowest BCUT2D eigenvalue weighted by Gasteiger charge is -2.09. The van der Waals surface area contributed by atoms with Crippen LogP contribution >= 0.6 is 0 Å². The summed E-state index contributed by atoms with van der Waals surface area (Å²) in [7, 11) is 0. The van der Waals surface area contributed by atoms with Gasteiger partial charge in [0, 0.05) is 24.0 Å². The standard InChI is InChI=1S/C19H20N4O2/c1-2-5-17(24)22-15-8-3-6-13(10-15)11-20-19(25)16-9-4-7-14-12-21-23-18(14)16/h3-4,6-10,12H,2,5,11H2,1H3,(H,20,25)(H,21,23)(H,22,24). The molecule has 0 unspecified atom stereocenters. The van der Waals surface area contributed by atoms with E-state index >= 15 is 0 Å². The number of aromatic nitrogens is 2. The average Bonchev–Trinajstić information content (AvgIpc) is 3.09. The summed E-state index contributed by atoms with van der Waals surface area (Å²) in [5.41, 5.74) is 2.93. The third kappa shape index (κ3) is 4.03. The topological polar surface area (TPSA) is 86.9 Å². The number of rotatable bonds is 6. The van der Waals surface area contributed by atoms with Crippen molar-refractivity contribution in [3.05, 3.63) is 59.8 Å². The summed E-state index contributed by atoms with van der Waals surface area (Å²) in [4.78, 5) is 24.1. The second kappa shape index (κ2) is 7.61. The molecule has 2 aromatic carbocycles. The molecule has 3 N–H and O–H groups in total. The zero-order valence-electron chi connectivity index (χ0n) is 14.0. The number of anilines is 1. The monoisotopic (exact) mass is 336 g/mol. The molecular weight excluding hydrogens is 316 g/mol. The van der Waals surface area contributed by atoms with Crippen LogP contribution in [-0.4, -0.2) is 22.0 Å². The first kappa shape index (κ1) is 16.7. The Morgan fingerprint density at radius 1 is 1.16 bits per heavy atom. The number of nitrogens with one attached hydrogen (secondary N) is 3. The number of para-hydroxylation sites is 1. The molecule has 0 radical (unpaired) electrons. The first-order valence-electron chi connectivity index (χ1n) is 8.26. The Kier molecular flexibility index (Phi) is 5.09. The first-order valence-corrected chi connectivity index (χ1v) is 8.26. The highest BCUT2D eigenvalue weighted by Gasteiger charge is 2.11. The van der Waals surface area contributed by atoms with E-state index in [-0.39, 0.29) is 11.8 Å². The van der Waals surface area contributed by atoms with Crippen LogP contribution in [-0.2, 0) is 11.3 Å². The molecule has 25 heavy (non-hydrogen) atoms. The van der Waals surface area contributed by atoms with Crippen molar-refractivity contribution in [3.63, 3.8) is 0 Å². The van der Waals surface area contributed by atoms with Crippen LogP contribution in [0.1, 0.15) is 35.7 Å². The van der Waals surface area contributed by atoms with Gasteiger partial charge < -0.3 is 10.6 Å². The molecule has 6 nitrogen and oxygen atoms in total. The Labute approximate surface area is 145 Å². The molecule has 0 atom stereocenters. The van der Waals surface area contributed by atoms with Gasteiger partial charge in [-0.1, -0.05) is 31.2 Å². The lowest BCUT2D eigenvalue weighted by molar-refractivity contribution is -0.116. The average molecular weight is 336 g/mol. The van der Waals surface area contributed by atoms with Gasteiger partial charge in [0.1, 0.15) is 0 Å². The maximum Gasteiger partial charge on any atom is 0.253 e. The van der Waals surface area contributed by atoms with Crippen LogP contribution < -0.4 is 10.6 Å². The Morgan fingerprint density at radius 2 is 2.00 bits per heavy atom. The maximum absolute atomic E-state index is 12.4. The van der Waals surface area contributed by atoms with E-state index in [1.54, 1.807) is 12.3 Å². The van der Waals surface area contributed by atoms with E-state index in [1.807, 2.05) is 43.3 Å². The number of hydrogen-bond donors (Lipinski definition) is 3. The smallest absolute Gasteiger partial charge is 0.253 e. The van der Waals surface area contributed by atoms with Gasteiger partial charge in [-0.3, -0.25) is 14.7 Å². The number of amides is 2. The largest absolute Gasteiger partial charge is 0.348 e. The second-order valence-corrected chi connectivity index (χ2v) is 5.82. The first-order chi connectivity index (χ1) is 12.2. The summed E-state index contributed by atoms with van der Waals surface area (Å²) < 4.78 is 0. The molecule has 0 bridgehead atoms. The normalized spacial score (nSPS) is 10.6. The number of nitrogens with zero attached hydrogens (tertiary/aromatic N) is 1. The van der Waals surface area contributed by atoms with Crippen LogP contribution in [0.3, 0.4) is 0 Å². The summed E-state index contributed by atoms with van der Waals surface area (Å²) in [5, 5.41) is 13.5. The molecule has 0 spiro atoms. The van der Waals surface area contributed by atoms with Crippen LogP contribution in [0.5, 0.6) is 0 Å². The molecule has 1 aromatic heterocycles. The van der Waals surface area contributed by atoms with Gasteiger partial charge in [0.2, 0.25) is 5.91 Å². The van der Waals surface area contributed by atoms with Gasteiger partial charge >= 0.3 is 0 Å². The summed E-state index contributed by atoms with van der Waals surface area (Å²) >= 11 is 0. The van der Waals surface area contributed by atoms with Crippen molar-refractivity contribution in [2.75, 3.05) is 5.32 Å². The minimum Gasteiger partial charge on any atom is -0.348 e. The van der Waals surface area contributed by atoms with Crippen molar-refractivity contribution < 1.29 is 9.59 Å². The van der Waals surface area contributed by atoms with Crippen LogP contribution in [0.25, 0.3) is 10.9 Å². The van der Waals surface area contributed by atoms with E-state index in [0.717, 1.165) is 28.6 Å². The Morgan fingerprint density at radius 3 is 2.84 bits per heavy atom. The molecule has 0 fully saturated rings. The van der Waals surface area contributed by atoms with Crippen molar-refractivity contribution in [1.82, 2.24) is 15.5 Å². The van der Waals surface area contributed by atoms with Gasteiger partial charge in [-0.15, -0.1) is 0 Å². The zero-order valence-corrected chi connectivity index (χ0v) is 14.0. The maximum atomic E-state index is 12.4. The fourth-order valence-corrected chi connectivity index (χ4v) is 2.65. The predicted octanol–water partition coefficient (Wildman–Crippen LogP) is 3.23. The van der Waals surface area contributed by atoms with Gasteiger partial charge in [-0.05, 0) is 30.2 Å². The number of carbonyl (C=O) groups is 2. The number of benzene rings is 2. The molecule has 2 amide bonds. The summed E-state index contributed by atoms with van der Waals surface area (Å²) in [6, 6.07) is 13.0. The van der Waals surface area contributed by atoms with Gasteiger partial charge in [0.25, 0.3) is 5.91 Å². The molecule has 128 valence electrons. The minimum absolute atomic E-state index is 0.00499. The van der Waals surface area contributed by atoms with Gasteiger partial charge in [-0.2, -0.15) is 5.10 Å². The third-order valence-electron chi connectivity index (χ3n) is 3.86. The third-order valence-corrected chi connectivity index (χ3v) is 3.86. The lowest BCUT2D eigenvalue weighted by Crippen LogP contribution is -2.23. The zero-order chi connectivity index (χ0) is 17.6. The molecule has 0 aliphatic heterocycles. The second-order valence-electron chi connectivity index (χ2n) is 5.82. The predicted molar refractivity (Wildman–Crippen MR) is 97.2 cm³/mol. The SMILES string of the molecule is CCCC(=O)Nc1cccc(CNC(=O)c2cccc3cn[nH]c23)c1. The Balaban J connectivity index is 1.66. The van der Waals surface area contributed by atoms with E-state index < -0.39 is 0 Å². The quantitative estimate of drug-likeness (QED) is 0.646.